The van der Waals surface area contributed by atoms with Crippen LogP contribution in [-0.2, 0) is 4.79 Å². The maximum absolute atomic E-state index is 12.5. The van der Waals surface area contributed by atoms with Gasteiger partial charge in [0.1, 0.15) is 11.4 Å². The van der Waals surface area contributed by atoms with Gasteiger partial charge in [0.05, 0.1) is 0 Å². The first-order valence-corrected chi connectivity index (χ1v) is 6.25. The van der Waals surface area contributed by atoms with E-state index in [1.165, 1.54) is 9.80 Å². The molecule has 1 N–H and O–H groups in total. The number of amidine groups is 1. The SMILES string of the molecule is CCN1C(=O)C2C(=Nc3[nH]c(C)c(C)[n+]32)N(C)C1=O. The number of hydrogen-bond acceptors (Lipinski definition) is 3. The minimum Gasteiger partial charge on any atom is -0.270 e. The molecule has 1 atom stereocenters. The van der Waals surface area contributed by atoms with Crippen LogP contribution in [0.5, 0.6) is 0 Å². The Morgan fingerprint density at radius 3 is 2.68 bits per heavy atom. The van der Waals surface area contributed by atoms with Crippen molar-refractivity contribution in [2.24, 2.45) is 4.99 Å². The first-order chi connectivity index (χ1) is 8.97. The second kappa shape index (κ2) is 3.66. The van der Waals surface area contributed by atoms with Crippen LogP contribution in [0.15, 0.2) is 4.99 Å². The highest BCUT2D eigenvalue weighted by atomic mass is 16.2. The van der Waals surface area contributed by atoms with Crippen molar-refractivity contribution in [2.45, 2.75) is 26.8 Å². The summed E-state index contributed by atoms with van der Waals surface area (Å²) in [6.07, 6.45) is 0. The molecule has 2 aliphatic rings. The van der Waals surface area contributed by atoms with Crippen molar-refractivity contribution in [1.29, 1.82) is 0 Å². The molecule has 3 rings (SSSR count). The molecule has 1 saturated heterocycles. The summed E-state index contributed by atoms with van der Waals surface area (Å²) >= 11 is 0. The van der Waals surface area contributed by atoms with Gasteiger partial charge in [-0.1, -0.05) is 4.99 Å². The maximum atomic E-state index is 12.5. The van der Waals surface area contributed by atoms with Crippen molar-refractivity contribution in [3.05, 3.63) is 11.4 Å². The summed E-state index contributed by atoms with van der Waals surface area (Å²) in [5.41, 5.74) is 1.94. The number of carbonyl (C=O) groups excluding carboxylic acids is 2. The van der Waals surface area contributed by atoms with Crippen molar-refractivity contribution < 1.29 is 14.2 Å². The fraction of sp³-hybridized carbons (Fsp3) is 0.500. The summed E-state index contributed by atoms with van der Waals surface area (Å²) in [6.45, 7) is 6.04. The van der Waals surface area contributed by atoms with E-state index in [4.69, 9.17) is 0 Å². The van der Waals surface area contributed by atoms with Gasteiger partial charge in [-0.05, 0) is 20.8 Å². The van der Waals surface area contributed by atoms with E-state index >= 15 is 0 Å². The van der Waals surface area contributed by atoms with E-state index in [0.29, 0.717) is 18.3 Å². The highest BCUT2D eigenvalue weighted by Crippen LogP contribution is 2.28. The number of fused-ring (bicyclic) bond motifs is 3. The van der Waals surface area contributed by atoms with Crippen LogP contribution in [0.2, 0.25) is 0 Å². The number of urea groups is 1. The van der Waals surface area contributed by atoms with E-state index in [1.54, 1.807) is 14.0 Å². The molecule has 2 aliphatic heterocycles. The van der Waals surface area contributed by atoms with Gasteiger partial charge in [0, 0.05) is 13.6 Å². The third-order valence-electron chi connectivity index (χ3n) is 3.83. The van der Waals surface area contributed by atoms with Gasteiger partial charge < -0.3 is 0 Å². The minimum absolute atomic E-state index is 0.213. The minimum atomic E-state index is -0.525. The van der Waals surface area contributed by atoms with E-state index in [-0.39, 0.29) is 11.9 Å². The molecule has 1 fully saturated rings. The summed E-state index contributed by atoms with van der Waals surface area (Å²) in [5.74, 6) is 0.908. The molecule has 7 nitrogen and oxygen atoms in total. The number of aryl methyl sites for hydroxylation is 1. The Hall–Kier alpha value is -2.18. The predicted octanol–water partition coefficient (Wildman–Crippen LogP) is 0.418. The zero-order chi connectivity index (χ0) is 13.9. The number of amides is 3. The first-order valence-electron chi connectivity index (χ1n) is 6.25. The Labute approximate surface area is 110 Å². The predicted molar refractivity (Wildman–Crippen MR) is 67.1 cm³/mol. The monoisotopic (exact) mass is 262 g/mol. The molecule has 1 aromatic rings. The van der Waals surface area contributed by atoms with Crippen molar-refractivity contribution in [2.75, 3.05) is 13.6 Å². The number of aliphatic imine (C=N–C) groups is 1. The molecule has 0 saturated carbocycles. The van der Waals surface area contributed by atoms with Crippen molar-refractivity contribution in [1.82, 2.24) is 14.8 Å². The van der Waals surface area contributed by atoms with Gasteiger partial charge in [-0.15, -0.1) is 0 Å². The van der Waals surface area contributed by atoms with Crippen LogP contribution in [0, 0.1) is 13.8 Å². The average Bonchev–Trinajstić information content (AvgIpc) is 2.86. The second-order valence-electron chi connectivity index (χ2n) is 4.83. The van der Waals surface area contributed by atoms with Crippen LogP contribution in [0.4, 0.5) is 10.7 Å². The molecule has 100 valence electrons. The summed E-state index contributed by atoms with van der Waals surface area (Å²) in [4.78, 5) is 34.8. The summed E-state index contributed by atoms with van der Waals surface area (Å²) in [5, 5.41) is 0. The number of nitrogens with zero attached hydrogens (tertiary/aromatic N) is 4. The lowest BCUT2D eigenvalue weighted by atomic mass is 10.1. The first kappa shape index (κ1) is 11.9. The summed E-state index contributed by atoms with van der Waals surface area (Å²) < 4.78 is 1.86. The van der Waals surface area contributed by atoms with E-state index in [1.807, 2.05) is 18.4 Å². The van der Waals surface area contributed by atoms with E-state index in [2.05, 4.69) is 9.98 Å². The number of aromatic nitrogens is 2. The van der Waals surface area contributed by atoms with Gasteiger partial charge in [0.2, 0.25) is 11.9 Å². The number of rotatable bonds is 1. The van der Waals surface area contributed by atoms with E-state index in [9.17, 15) is 9.59 Å². The Balaban J connectivity index is 2.17. The smallest absolute Gasteiger partial charge is 0.270 e. The Morgan fingerprint density at radius 1 is 1.37 bits per heavy atom. The molecular formula is C12H16N5O2+. The molecule has 3 amide bonds. The summed E-state index contributed by atoms with van der Waals surface area (Å²) in [7, 11) is 1.65. The van der Waals surface area contributed by atoms with Gasteiger partial charge in [-0.3, -0.25) is 14.6 Å². The fourth-order valence-electron chi connectivity index (χ4n) is 2.63. The topological polar surface area (TPSA) is 72.7 Å². The lowest BCUT2D eigenvalue weighted by Crippen LogP contribution is -2.63. The number of hydrogen-bond donors (Lipinski definition) is 1. The van der Waals surface area contributed by atoms with Gasteiger partial charge in [0.25, 0.3) is 5.91 Å². The molecule has 7 heteroatoms. The average molecular weight is 262 g/mol. The molecule has 19 heavy (non-hydrogen) atoms. The van der Waals surface area contributed by atoms with Crippen molar-refractivity contribution >= 4 is 23.7 Å². The highest BCUT2D eigenvalue weighted by Gasteiger charge is 2.52. The molecular weight excluding hydrogens is 246 g/mol. The zero-order valence-electron chi connectivity index (χ0n) is 11.4. The third-order valence-corrected chi connectivity index (χ3v) is 3.83. The molecule has 1 aromatic heterocycles. The lowest BCUT2D eigenvalue weighted by Gasteiger charge is -2.32. The van der Waals surface area contributed by atoms with Gasteiger partial charge in [-0.25, -0.2) is 14.3 Å². The standard InChI is InChI=1S/C12H15N5O2/c1-5-16-10(18)8-9(15(4)12(16)19)14-11-13-6(2)7(3)17(8)11/h8H,5H2,1-4H3/p+1. The molecule has 0 radical (unpaired) electrons. The number of aromatic amines is 1. The quantitative estimate of drug-likeness (QED) is 0.745. The van der Waals surface area contributed by atoms with Crippen LogP contribution < -0.4 is 4.57 Å². The number of imide groups is 1. The van der Waals surface area contributed by atoms with Gasteiger partial charge in [0.15, 0.2) is 0 Å². The molecule has 0 aromatic carbocycles. The molecule has 1 unspecified atom stereocenters. The summed E-state index contributed by atoms with van der Waals surface area (Å²) in [6, 6.07) is -0.842. The van der Waals surface area contributed by atoms with Gasteiger partial charge >= 0.3 is 12.0 Å². The molecule has 0 spiro atoms. The fourth-order valence-corrected chi connectivity index (χ4v) is 2.63. The van der Waals surface area contributed by atoms with E-state index < -0.39 is 6.04 Å². The normalized spacial score (nSPS) is 21.7. The second-order valence-corrected chi connectivity index (χ2v) is 4.83. The van der Waals surface area contributed by atoms with E-state index in [0.717, 1.165) is 11.4 Å². The van der Waals surface area contributed by atoms with Crippen LogP contribution in [-0.4, -0.2) is 46.2 Å². The van der Waals surface area contributed by atoms with Crippen molar-refractivity contribution in [3.63, 3.8) is 0 Å². The Kier molecular flexibility index (Phi) is 2.29. The lowest BCUT2D eigenvalue weighted by molar-refractivity contribution is -0.682. The Bertz CT molecular complexity index is 630. The molecule has 0 bridgehead atoms. The highest BCUT2D eigenvalue weighted by molar-refractivity contribution is 6.19. The largest absolute Gasteiger partial charge is 0.399 e. The van der Waals surface area contributed by atoms with Crippen LogP contribution in [0.3, 0.4) is 0 Å². The third kappa shape index (κ3) is 1.32. The maximum Gasteiger partial charge on any atom is 0.399 e. The zero-order valence-corrected chi connectivity index (χ0v) is 11.4. The van der Waals surface area contributed by atoms with Crippen LogP contribution in [0.25, 0.3) is 0 Å². The van der Waals surface area contributed by atoms with Crippen LogP contribution in [0.1, 0.15) is 24.4 Å². The number of carbonyl (C=O) groups is 2. The molecule has 0 aliphatic carbocycles. The van der Waals surface area contributed by atoms with Gasteiger partial charge in [-0.2, -0.15) is 0 Å². The number of nitrogens with one attached hydrogen (secondary N) is 1. The Morgan fingerprint density at radius 2 is 2.05 bits per heavy atom. The number of H-pyrrole nitrogens is 1. The van der Waals surface area contributed by atoms with Crippen molar-refractivity contribution in [3.8, 4) is 0 Å². The molecule has 3 heterocycles. The van der Waals surface area contributed by atoms with Crippen LogP contribution >= 0.6 is 0 Å². The number of likely N-dealkylation sites (N-methyl/N-ethyl adjacent to an activating group) is 2. The number of imidazole rings is 1.